The number of likely N-dealkylation sites (tertiary alicyclic amines) is 1. The molecule has 1 aliphatic heterocycles. The third kappa shape index (κ3) is 3.11. The summed E-state index contributed by atoms with van der Waals surface area (Å²) in [5.41, 5.74) is 3.12. The largest absolute Gasteiger partial charge is 0.347 e. The molecule has 7 heteroatoms. The fraction of sp³-hybridized carbons (Fsp3) is 0.500. The summed E-state index contributed by atoms with van der Waals surface area (Å²) in [6.07, 6.45) is 5.85. The molecule has 142 valence electrons. The zero-order valence-corrected chi connectivity index (χ0v) is 16.1. The normalized spacial score (nSPS) is 21.4. The summed E-state index contributed by atoms with van der Waals surface area (Å²) in [6.45, 7) is 3.16. The standard InChI is InChI=1S/C20H25N5O2/c1-13-9-15(10-16(26)22-13)18(27)25-8-4-6-20(12-25)7-5-14-11-21-19(24(2)3)23-17(14)20/h9-11H,4-8,12H2,1-3H3,(H,22,26). The van der Waals surface area contributed by atoms with Crippen LogP contribution in [0.25, 0.3) is 0 Å². The van der Waals surface area contributed by atoms with Crippen molar-refractivity contribution in [3.8, 4) is 0 Å². The van der Waals surface area contributed by atoms with Crippen LogP contribution in [0.1, 0.15) is 46.6 Å². The van der Waals surface area contributed by atoms with Crippen LogP contribution in [0.5, 0.6) is 0 Å². The molecule has 1 saturated heterocycles. The van der Waals surface area contributed by atoms with E-state index in [9.17, 15) is 9.59 Å². The first-order chi connectivity index (χ1) is 12.9. The second kappa shape index (κ2) is 6.48. The van der Waals surface area contributed by atoms with Crippen LogP contribution in [0.4, 0.5) is 5.95 Å². The molecule has 1 fully saturated rings. The molecule has 0 radical (unpaired) electrons. The van der Waals surface area contributed by atoms with Crippen LogP contribution in [0.3, 0.4) is 0 Å². The fourth-order valence-corrected chi connectivity index (χ4v) is 4.44. The molecule has 1 unspecified atom stereocenters. The molecule has 2 aromatic rings. The molecule has 1 atom stereocenters. The van der Waals surface area contributed by atoms with Gasteiger partial charge in [-0.05, 0) is 44.2 Å². The summed E-state index contributed by atoms with van der Waals surface area (Å²) in [4.78, 5) is 40.6. The first kappa shape index (κ1) is 17.7. The van der Waals surface area contributed by atoms with Gasteiger partial charge in [0.05, 0.1) is 5.69 Å². The highest BCUT2D eigenvalue weighted by molar-refractivity contribution is 5.94. The lowest BCUT2D eigenvalue weighted by Crippen LogP contribution is -2.48. The molecule has 1 N–H and O–H groups in total. The van der Waals surface area contributed by atoms with Gasteiger partial charge in [0.15, 0.2) is 0 Å². The van der Waals surface area contributed by atoms with Crippen LogP contribution in [0, 0.1) is 6.92 Å². The lowest BCUT2D eigenvalue weighted by atomic mass is 9.77. The van der Waals surface area contributed by atoms with Crippen LogP contribution < -0.4 is 10.5 Å². The van der Waals surface area contributed by atoms with E-state index in [4.69, 9.17) is 4.98 Å². The third-order valence-electron chi connectivity index (χ3n) is 5.72. The van der Waals surface area contributed by atoms with E-state index in [0.717, 1.165) is 31.4 Å². The van der Waals surface area contributed by atoms with Gasteiger partial charge in [0, 0.05) is 56.1 Å². The molecule has 2 aliphatic rings. The number of rotatable bonds is 2. The molecule has 4 rings (SSSR count). The predicted molar refractivity (Wildman–Crippen MR) is 103 cm³/mol. The Balaban J connectivity index is 1.65. The maximum Gasteiger partial charge on any atom is 0.254 e. The minimum Gasteiger partial charge on any atom is -0.347 e. The van der Waals surface area contributed by atoms with Gasteiger partial charge in [-0.2, -0.15) is 0 Å². The zero-order chi connectivity index (χ0) is 19.2. The number of pyridine rings is 1. The molecule has 0 bridgehead atoms. The summed E-state index contributed by atoms with van der Waals surface area (Å²) in [5, 5.41) is 0. The van der Waals surface area contributed by atoms with Crippen molar-refractivity contribution in [1.29, 1.82) is 0 Å². The first-order valence-electron chi connectivity index (χ1n) is 9.42. The number of aromatic amines is 1. The van der Waals surface area contributed by atoms with E-state index in [-0.39, 0.29) is 16.9 Å². The summed E-state index contributed by atoms with van der Waals surface area (Å²) in [5.74, 6) is 0.641. The molecule has 27 heavy (non-hydrogen) atoms. The number of aromatic nitrogens is 3. The third-order valence-corrected chi connectivity index (χ3v) is 5.72. The Morgan fingerprint density at radius 2 is 2.11 bits per heavy atom. The molecule has 0 saturated carbocycles. The van der Waals surface area contributed by atoms with E-state index >= 15 is 0 Å². The minimum atomic E-state index is -0.236. The number of hydrogen-bond acceptors (Lipinski definition) is 5. The van der Waals surface area contributed by atoms with Gasteiger partial charge in [-0.1, -0.05) is 0 Å². The van der Waals surface area contributed by atoms with Gasteiger partial charge in [-0.15, -0.1) is 0 Å². The van der Waals surface area contributed by atoms with Crippen LogP contribution in [0.2, 0.25) is 0 Å². The number of hydrogen-bond donors (Lipinski definition) is 1. The highest BCUT2D eigenvalue weighted by atomic mass is 16.2. The van der Waals surface area contributed by atoms with E-state index in [1.54, 1.807) is 13.0 Å². The number of carbonyl (C=O) groups excluding carboxylic acids is 1. The Labute approximate surface area is 158 Å². The van der Waals surface area contributed by atoms with Crippen molar-refractivity contribution in [2.45, 2.75) is 38.0 Å². The van der Waals surface area contributed by atoms with Crippen molar-refractivity contribution >= 4 is 11.9 Å². The number of H-pyrrole nitrogens is 1. The SMILES string of the molecule is Cc1cc(C(=O)N2CCCC3(CCc4cnc(N(C)C)nc43)C2)cc(=O)[nH]1. The molecular formula is C20H25N5O2. The Bertz CT molecular complexity index is 948. The van der Waals surface area contributed by atoms with Crippen molar-refractivity contribution in [2.75, 3.05) is 32.1 Å². The molecule has 0 aromatic carbocycles. The molecule has 7 nitrogen and oxygen atoms in total. The molecular weight excluding hydrogens is 342 g/mol. The highest BCUT2D eigenvalue weighted by Gasteiger charge is 2.45. The topological polar surface area (TPSA) is 82.2 Å². The maximum atomic E-state index is 13.1. The summed E-state index contributed by atoms with van der Waals surface area (Å²) in [7, 11) is 3.88. The minimum absolute atomic E-state index is 0.0707. The summed E-state index contributed by atoms with van der Waals surface area (Å²) >= 11 is 0. The highest BCUT2D eigenvalue weighted by Crippen LogP contribution is 2.44. The van der Waals surface area contributed by atoms with Crippen LogP contribution in [0.15, 0.2) is 23.1 Å². The monoisotopic (exact) mass is 367 g/mol. The lowest BCUT2D eigenvalue weighted by molar-refractivity contribution is 0.0633. The molecule has 2 aromatic heterocycles. The number of carbonyl (C=O) groups is 1. The second-order valence-electron chi connectivity index (χ2n) is 7.97. The van der Waals surface area contributed by atoms with Crippen molar-refractivity contribution in [1.82, 2.24) is 19.9 Å². The van der Waals surface area contributed by atoms with Gasteiger partial charge in [0.2, 0.25) is 11.5 Å². The number of piperidine rings is 1. The molecule has 1 amide bonds. The second-order valence-corrected chi connectivity index (χ2v) is 7.97. The van der Waals surface area contributed by atoms with Gasteiger partial charge in [0.1, 0.15) is 0 Å². The van der Waals surface area contributed by atoms with Crippen molar-refractivity contribution in [2.24, 2.45) is 0 Å². The number of fused-ring (bicyclic) bond motifs is 2. The van der Waals surface area contributed by atoms with E-state index in [1.165, 1.54) is 11.6 Å². The molecule has 1 aliphatic carbocycles. The number of nitrogens with zero attached hydrogens (tertiary/aromatic N) is 4. The lowest BCUT2D eigenvalue weighted by Gasteiger charge is -2.40. The van der Waals surface area contributed by atoms with Gasteiger partial charge in [0.25, 0.3) is 5.91 Å². The van der Waals surface area contributed by atoms with Crippen molar-refractivity contribution in [3.63, 3.8) is 0 Å². The van der Waals surface area contributed by atoms with Crippen LogP contribution in [-0.2, 0) is 11.8 Å². The smallest absolute Gasteiger partial charge is 0.254 e. The summed E-state index contributed by atoms with van der Waals surface area (Å²) < 4.78 is 0. The maximum absolute atomic E-state index is 13.1. The quantitative estimate of drug-likeness (QED) is 0.873. The Morgan fingerprint density at radius 3 is 2.85 bits per heavy atom. The van der Waals surface area contributed by atoms with Crippen LogP contribution in [-0.4, -0.2) is 52.9 Å². The summed E-state index contributed by atoms with van der Waals surface area (Å²) in [6, 6.07) is 3.14. The van der Waals surface area contributed by atoms with E-state index in [1.807, 2.05) is 30.1 Å². The first-order valence-corrected chi connectivity index (χ1v) is 9.42. The molecule has 3 heterocycles. The van der Waals surface area contributed by atoms with E-state index < -0.39 is 0 Å². The number of nitrogens with one attached hydrogen (secondary N) is 1. The Hall–Kier alpha value is -2.70. The average Bonchev–Trinajstić information content (AvgIpc) is 2.97. The van der Waals surface area contributed by atoms with E-state index in [2.05, 4.69) is 9.97 Å². The van der Waals surface area contributed by atoms with Crippen LogP contribution >= 0.6 is 0 Å². The predicted octanol–water partition coefficient (Wildman–Crippen LogP) is 1.66. The van der Waals surface area contributed by atoms with Crippen molar-refractivity contribution in [3.05, 3.63) is 51.2 Å². The van der Waals surface area contributed by atoms with E-state index in [0.29, 0.717) is 30.3 Å². The van der Waals surface area contributed by atoms with Gasteiger partial charge < -0.3 is 14.8 Å². The van der Waals surface area contributed by atoms with Gasteiger partial charge in [-0.25, -0.2) is 9.97 Å². The van der Waals surface area contributed by atoms with Gasteiger partial charge >= 0.3 is 0 Å². The Kier molecular flexibility index (Phi) is 4.25. The number of aryl methyl sites for hydroxylation is 2. The average molecular weight is 367 g/mol. The molecule has 1 spiro atoms. The zero-order valence-electron chi connectivity index (χ0n) is 16.1. The Morgan fingerprint density at radius 1 is 1.30 bits per heavy atom. The van der Waals surface area contributed by atoms with Gasteiger partial charge in [-0.3, -0.25) is 9.59 Å². The number of anilines is 1. The number of amides is 1. The fourth-order valence-electron chi connectivity index (χ4n) is 4.44. The van der Waals surface area contributed by atoms with Crippen molar-refractivity contribution < 1.29 is 4.79 Å².